The first-order valence-corrected chi connectivity index (χ1v) is 9.97. The van der Waals surface area contributed by atoms with Gasteiger partial charge in [0.2, 0.25) is 0 Å². The van der Waals surface area contributed by atoms with Crippen molar-refractivity contribution in [3.8, 4) is 0 Å². The van der Waals surface area contributed by atoms with Gasteiger partial charge in [-0.25, -0.2) is 14.6 Å². The van der Waals surface area contributed by atoms with E-state index >= 15 is 0 Å². The van der Waals surface area contributed by atoms with Crippen molar-refractivity contribution in [2.45, 2.75) is 52.2 Å². The van der Waals surface area contributed by atoms with Crippen LogP contribution in [-0.4, -0.2) is 48.8 Å². The van der Waals surface area contributed by atoms with E-state index in [4.69, 9.17) is 4.74 Å². The number of imidazole rings is 1. The standard InChI is InChI=1S/C21H27N5O3/c1-13-8-9-15-17(23-13)18-16(11-22-15)24(5)19(27)26(18)14-7-6-10-25(12-14)20(28)29-21(2,3)4/h8-9,11,14H,6-7,10,12H2,1-5H3. The Morgan fingerprint density at radius 2 is 2.03 bits per heavy atom. The van der Waals surface area contributed by atoms with Gasteiger partial charge in [-0.1, -0.05) is 0 Å². The lowest BCUT2D eigenvalue weighted by atomic mass is 10.1. The number of piperidine rings is 1. The lowest BCUT2D eigenvalue weighted by molar-refractivity contribution is 0.0173. The molecule has 0 spiro atoms. The second-order valence-corrected chi connectivity index (χ2v) is 8.75. The summed E-state index contributed by atoms with van der Waals surface area (Å²) in [5.74, 6) is 0. The van der Waals surface area contributed by atoms with Gasteiger partial charge in [0, 0.05) is 25.8 Å². The van der Waals surface area contributed by atoms with Crippen molar-refractivity contribution in [3.63, 3.8) is 0 Å². The van der Waals surface area contributed by atoms with Crippen molar-refractivity contribution in [1.82, 2.24) is 24.0 Å². The Balaban J connectivity index is 1.81. The predicted octanol–water partition coefficient (Wildman–Crippen LogP) is 3.16. The maximum Gasteiger partial charge on any atom is 0.410 e. The molecule has 4 rings (SSSR count). The number of ether oxygens (including phenoxy) is 1. The molecule has 0 aromatic carbocycles. The molecule has 8 heteroatoms. The summed E-state index contributed by atoms with van der Waals surface area (Å²) in [6, 6.07) is 3.70. The average Bonchev–Trinajstić information content (AvgIpc) is 2.92. The first-order valence-electron chi connectivity index (χ1n) is 9.97. The minimum Gasteiger partial charge on any atom is -0.444 e. The summed E-state index contributed by atoms with van der Waals surface area (Å²) in [5.41, 5.74) is 3.19. The molecule has 1 unspecified atom stereocenters. The molecule has 4 heterocycles. The van der Waals surface area contributed by atoms with Crippen molar-refractivity contribution in [2.24, 2.45) is 7.05 Å². The predicted molar refractivity (Wildman–Crippen MR) is 111 cm³/mol. The summed E-state index contributed by atoms with van der Waals surface area (Å²) in [5, 5.41) is 0. The molecule has 3 aromatic heterocycles. The number of hydrogen-bond donors (Lipinski definition) is 0. The topological polar surface area (TPSA) is 82.2 Å². The molecular weight excluding hydrogens is 370 g/mol. The Labute approximate surface area is 169 Å². The van der Waals surface area contributed by atoms with Crippen molar-refractivity contribution in [3.05, 3.63) is 34.5 Å². The molecule has 0 bridgehead atoms. The summed E-state index contributed by atoms with van der Waals surface area (Å²) in [6.07, 6.45) is 3.01. The van der Waals surface area contributed by atoms with Gasteiger partial charge < -0.3 is 9.64 Å². The second kappa shape index (κ2) is 6.86. The maximum atomic E-state index is 13.2. The highest BCUT2D eigenvalue weighted by Gasteiger charge is 2.31. The molecule has 8 nitrogen and oxygen atoms in total. The lowest BCUT2D eigenvalue weighted by Crippen LogP contribution is -2.45. The van der Waals surface area contributed by atoms with Gasteiger partial charge in [0.15, 0.2) is 0 Å². The number of hydrogen-bond acceptors (Lipinski definition) is 5. The Morgan fingerprint density at radius 1 is 1.28 bits per heavy atom. The van der Waals surface area contributed by atoms with E-state index in [1.165, 1.54) is 0 Å². The van der Waals surface area contributed by atoms with E-state index in [1.54, 1.807) is 27.3 Å². The number of likely N-dealkylation sites (tertiary alicyclic amines) is 1. The largest absolute Gasteiger partial charge is 0.444 e. The monoisotopic (exact) mass is 397 g/mol. The van der Waals surface area contributed by atoms with Gasteiger partial charge in [-0.05, 0) is 52.7 Å². The van der Waals surface area contributed by atoms with E-state index in [-0.39, 0.29) is 17.8 Å². The van der Waals surface area contributed by atoms with Crippen molar-refractivity contribution in [2.75, 3.05) is 13.1 Å². The summed E-state index contributed by atoms with van der Waals surface area (Å²) >= 11 is 0. The number of carbonyl (C=O) groups is 1. The first-order chi connectivity index (χ1) is 13.7. The quantitative estimate of drug-likeness (QED) is 0.630. The van der Waals surface area contributed by atoms with Crippen LogP contribution in [0.4, 0.5) is 4.79 Å². The third-order valence-electron chi connectivity index (χ3n) is 5.31. The molecule has 1 saturated heterocycles. The SMILES string of the molecule is Cc1ccc2ncc3c(c2n1)n(C1CCCN(C(=O)OC(C)(C)C)C1)c(=O)n3C. The molecule has 1 atom stereocenters. The third-order valence-corrected chi connectivity index (χ3v) is 5.31. The van der Waals surface area contributed by atoms with Crippen LogP contribution in [0.25, 0.3) is 22.1 Å². The fraction of sp³-hybridized carbons (Fsp3) is 0.524. The Kier molecular flexibility index (Phi) is 4.59. The third kappa shape index (κ3) is 3.47. The van der Waals surface area contributed by atoms with E-state index in [0.717, 1.165) is 40.6 Å². The summed E-state index contributed by atoms with van der Waals surface area (Å²) in [6.45, 7) is 8.56. The first kappa shape index (κ1) is 19.4. The Bertz CT molecular complexity index is 1160. The number of nitrogens with zero attached hydrogens (tertiary/aromatic N) is 5. The molecule has 0 radical (unpaired) electrons. The molecule has 29 heavy (non-hydrogen) atoms. The van der Waals surface area contributed by atoms with E-state index < -0.39 is 5.60 Å². The van der Waals surface area contributed by atoms with Crippen molar-refractivity contribution in [1.29, 1.82) is 0 Å². The van der Waals surface area contributed by atoms with Crippen LogP contribution in [0.15, 0.2) is 23.1 Å². The van der Waals surface area contributed by atoms with Gasteiger partial charge in [-0.15, -0.1) is 0 Å². The van der Waals surface area contributed by atoms with Gasteiger partial charge in [0.25, 0.3) is 0 Å². The molecular formula is C21H27N5O3. The maximum absolute atomic E-state index is 13.2. The van der Waals surface area contributed by atoms with Gasteiger partial charge in [0.05, 0.1) is 28.8 Å². The summed E-state index contributed by atoms with van der Waals surface area (Å²) in [7, 11) is 1.75. The summed E-state index contributed by atoms with van der Waals surface area (Å²) in [4.78, 5) is 36.6. The van der Waals surface area contributed by atoms with Crippen LogP contribution in [-0.2, 0) is 11.8 Å². The highest BCUT2D eigenvalue weighted by molar-refractivity contribution is 5.99. The molecule has 1 amide bonds. The molecule has 1 aliphatic heterocycles. The van der Waals surface area contributed by atoms with Crippen molar-refractivity contribution < 1.29 is 9.53 Å². The molecule has 0 aliphatic carbocycles. The number of pyridine rings is 2. The van der Waals surface area contributed by atoms with Crippen molar-refractivity contribution >= 4 is 28.2 Å². The van der Waals surface area contributed by atoms with Crippen LogP contribution < -0.4 is 5.69 Å². The second-order valence-electron chi connectivity index (χ2n) is 8.75. The van der Waals surface area contributed by atoms with E-state index in [9.17, 15) is 9.59 Å². The minimum atomic E-state index is -0.552. The van der Waals surface area contributed by atoms with Crippen LogP contribution in [0.1, 0.15) is 45.3 Å². The normalized spacial score (nSPS) is 17.8. The lowest BCUT2D eigenvalue weighted by Gasteiger charge is -2.34. The number of rotatable bonds is 1. The number of aryl methyl sites for hydroxylation is 2. The van der Waals surface area contributed by atoms with E-state index in [2.05, 4.69) is 9.97 Å². The van der Waals surface area contributed by atoms with Gasteiger partial charge in [-0.3, -0.25) is 14.1 Å². The zero-order valence-electron chi connectivity index (χ0n) is 17.6. The van der Waals surface area contributed by atoms with Gasteiger partial charge in [0.1, 0.15) is 11.1 Å². The number of aromatic nitrogens is 4. The van der Waals surface area contributed by atoms with Gasteiger partial charge in [-0.2, -0.15) is 0 Å². The number of fused-ring (bicyclic) bond motifs is 3. The fourth-order valence-electron chi connectivity index (χ4n) is 3.98. The zero-order valence-corrected chi connectivity index (χ0v) is 17.6. The Hall–Kier alpha value is -2.90. The molecule has 0 N–H and O–H groups in total. The number of amides is 1. The minimum absolute atomic E-state index is 0.117. The average molecular weight is 397 g/mol. The van der Waals surface area contributed by atoms with Crippen LogP contribution in [0.2, 0.25) is 0 Å². The smallest absolute Gasteiger partial charge is 0.410 e. The fourth-order valence-corrected chi connectivity index (χ4v) is 3.98. The van der Waals surface area contributed by atoms with Gasteiger partial charge >= 0.3 is 11.8 Å². The van der Waals surface area contributed by atoms with Crippen LogP contribution in [0.5, 0.6) is 0 Å². The molecule has 1 aliphatic rings. The number of carbonyl (C=O) groups excluding carboxylic acids is 1. The summed E-state index contributed by atoms with van der Waals surface area (Å²) < 4.78 is 8.95. The Morgan fingerprint density at radius 3 is 2.76 bits per heavy atom. The van der Waals surface area contributed by atoms with E-state index in [0.29, 0.717) is 13.1 Å². The molecule has 154 valence electrons. The van der Waals surface area contributed by atoms with Crippen LogP contribution in [0.3, 0.4) is 0 Å². The molecule has 3 aromatic rings. The highest BCUT2D eigenvalue weighted by Crippen LogP contribution is 2.29. The zero-order chi connectivity index (χ0) is 20.9. The molecule has 1 fully saturated rings. The highest BCUT2D eigenvalue weighted by atomic mass is 16.6. The van der Waals surface area contributed by atoms with Crippen LogP contribution in [0, 0.1) is 6.92 Å². The van der Waals surface area contributed by atoms with Crippen LogP contribution >= 0.6 is 0 Å². The van der Waals surface area contributed by atoms with E-state index in [1.807, 2.05) is 39.8 Å². The molecule has 0 saturated carbocycles.